The molecule has 2 fully saturated rings. The summed E-state index contributed by atoms with van der Waals surface area (Å²) in [6, 6.07) is 4.13. The van der Waals surface area contributed by atoms with Gasteiger partial charge in [-0.3, -0.25) is 14.9 Å². The molecule has 3 rings (SSSR count). The van der Waals surface area contributed by atoms with E-state index in [1.54, 1.807) is 11.0 Å². The van der Waals surface area contributed by atoms with Gasteiger partial charge in [-0.25, -0.2) is 8.42 Å². The van der Waals surface area contributed by atoms with Crippen molar-refractivity contribution in [1.82, 2.24) is 9.21 Å². The summed E-state index contributed by atoms with van der Waals surface area (Å²) in [7, 11) is -4.00. The highest BCUT2D eigenvalue weighted by molar-refractivity contribution is 7.89. The van der Waals surface area contributed by atoms with Crippen molar-refractivity contribution in [1.29, 1.82) is 0 Å². The summed E-state index contributed by atoms with van der Waals surface area (Å²) in [5.74, 6) is -0.416. The lowest BCUT2D eigenvalue weighted by atomic mass is 9.98. The molecular weight excluding hydrogens is 432 g/mol. The van der Waals surface area contributed by atoms with Gasteiger partial charge in [-0.2, -0.15) is 4.31 Å². The Morgan fingerprint density at radius 2 is 1.75 bits per heavy atom. The zero-order valence-corrected chi connectivity index (χ0v) is 19.8. The first kappa shape index (κ1) is 24.4. The van der Waals surface area contributed by atoms with E-state index in [-0.39, 0.29) is 23.0 Å². The van der Waals surface area contributed by atoms with Crippen LogP contribution in [0.25, 0.3) is 0 Å². The number of rotatable bonds is 7. The van der Waals surface area contributed by atoms with Gasteiger partial charge in [-0.1, -0.05) is 12.8 Å². The summed E-state index contributed by atoms with van der Waals surface area (Å²) in [6.45, 7) is 6.87. The molecule has 1 aromatic carbocycles. The molecule has 9 nitrogen and oxygen atoms in total. The van der Waals surface area contributed by atoms with Gasteiger partial charge >= 0.3 is 0 Å². The highest BCUT2D eigenvalue weighted by atomic mass is 32.2. The fraction of sp³-hybridized carbons (Fsp3) is 0.682. The predicted molar refractivity (Wildman–Crippen MR) is 123 cm³/mol. The topological polar surface area (TPSA) is 104 Å². The lowest BCUT2D eigenvalue weighted by Gasteiger charge is -2.34. The molecule has 1 atom stereocenters. The number of carbonyl (C=O) groups is 1. The SMILES string of the molecule is CCN(CC)C(=O)C1CCCN(S(=O)(=O)c2cc([N+](=O)[O-])ccc2N2CCCCCC2)C1. The van der Waals surface area contributed by atoms with E-state index >= 15 is 0 Å². The lowest BCUT2D eigenvalue weighted by Crippen LogP contribution is -2.46. The number of carbonyl (C=O) groups excluding carboxylic acids is 1. The Morgan fingerprint density at radius 1 is 1.09 bits per heavy atom. The maximum absolute atomic E-state index is 13.7. The number of piperidine rings is 1. The molecule has 32 heavy (non-hydrogen) atoms. The van der Waals surface area contributed by atoms with Gasteiger partial charge in [0.25, 0.3) is 5.69 Å². The van der Waals surface area contributed by atoms with Gasteiger partial charge in [-0.15, -0.1) is 0 Å². The molecule has 0 aromatic heterocycles. The molecule has 0 N–H and O–H groups in total. The van der Waals surface area contributed by atoms with Gasteiger partial charge in [0.1, 0.15) is 4.90 Å². The fourth-order valence-electron chi connectivity index (χ4n) is 4.69. The van der Waals surface area contributed by atoms with Crippen LogP contribution in [0.2, 0.25) is 0 Å². The van der Waals surface area contributed by atoms with Crippen molar-refractivity contribution in [3.05, 3.63) is 28.3 Å². The highest BCUT2D eigenvalue weighted by Crippen LogP contribution is 2.34. The molecule has 2 heterocycles. The first-order valence-electron chi connectivity index (χ1n) is 11.6. The van der Waals surface area contributed by atoms with Crippen LogP contribution in [-0.4, -0.2) is 67.7 Å². The zero-order valence-electron chi connectivity index (χ0n) is 19.0. The van der Waals surface area contributed by atoms with E-state index in [1.807, 2.05) is 18.7 Å². The molecular formula is C22H34N4O5S. The summed E-state index contributed by atoms with van der Waals surface area (Å²) in [4.78, 5) is 27.5. The van der Waals surface area contributed by atoms with Crippen molar-refractivity contribution >= 4 is 27.3 Å². The maximum atomic E-state index is 13.7. The first-order chi connectivity index (χ1) is 15.3. The van der Waals surface area contributed by atoms with E-state index in [9.17, 15) is 23.3 Å². The molecule has 1 unspecified atom stereocenters. The molecule has 0 bridgehead atoms. The van der Waals surface area contributed by atoms with Crippen molar-refractivity contribution in [2.75, 3.05) is 44.2 Å². The largest absolute Gasteiger partial charge is 0.370 e. The minimum Gasteiger partial charge on any atom is -0.370 e. The van der Waals surface area contributed by atoms with Crippen molar-refractivity contribution in [3.8, 4) is 0 Å². The Hall–Kier alpha value is -2.20. The van der Waals surface area contributed by atoms with Crippen LogP contribution in [0.5, 0.6) is 0 Å². The number of nitro benzene ring substituents is 1. The second-order valence-corrected chi connectivity index (χ2v) is 10.4. The van der Waals surface area contributed by atoms with Gasteiger partial charge < -0.3 is 9.80 Å². The van der Waals surface area contributed by atoms with E-state index in [4.69, 9.17) is 0 Å². The molecule has 2 aliphatic heterocycles. The van der Waals surface area contributed by atoms with Gasteiger partial charge in [0.2, 0.25) is 15.9 Å². The number of amides is 1. The van der Waals surface area contributed by atoms with Crippen LogP contribution in [0.15, 0.2) is 23.1 Å². The van der Waals surface area contributed by atoms with Gasteiger partial charge in [0.15, 0.2) is 0 Å². The monoisotopic (exact) mass is 466 g/mol. The molecule has 0 aliphatic carbocycles. The molecule has 1 amide bonds. The molecule has 0 saturated carbocycles. The summed E-state index contributed by atoms with van der Waals surface area (Å²) in [5.41, 5.74) is 0.282. The van der Waals surface area contributed by atoms with Crippen molar-refractivity contribution in [2.24, 2.45) is 5.92 Å². The van der Waals surface area contributed by atoms with Gasteiger partial charge in [-0.05, 0) is 45.6 Å². The van der Waals surface area contributed by atoms with Crippen molar-refractivity contribution in [3.63, 3.8) is 0 Å². The van der Waals surface area contributed by atoms with Crippen molar-refractivity contribution in [2.45, 2.75) is 57.3 Å². The van der Waals surface area contributed by atoms with Crippen LogP contribution in [0.1, 0.15) is 52.4 Å². The maximum Gasteiger partial charge on any atom is 0.270 e. The minimum absolute atomic E-state index is 0.0236. The van der Waals surface area contributed by atoms with E-state index in [0.717, 1.165) is 38.8 Å². The predicted octanol–water partition coefficient (Wildman–Crippen LogP) is 3.24. The third kappa shape index (κ3) is 5.23. The van der Waals surface area contributed by atoms with E-state index in [2.05, 4.69) is 0 Å². The first-order valence-corrected chi connectivity index (χ1v) is 13.1. The summed E-state index contributed by atoms with van der Waals surface area (Å²) >= 11 is 0. The number of hydrogen-bond donors (Lipinski definition) is 0. The number of non-ortho nitro benzene ring substituents is 1. The van der Waals surface area contributed by atoms with Crippen LogP contribution in [0, 0.1) is 16.0 Å². The third-order valence-electron chi connectivity index (χ3n) is 6.53. The smallest absolute Gasteiger partial charge is 0.270 e. The lowest BCUT2D eigenvalue weighted by molar-refractivity contribution is -0.385. The molecule has 2 saturated heterocycles. The third-order valence-corrected chi connectivity index (χ3v) is 8.42. The standard InChI is InChI=1S/C22H34N4O5S/c1-3-23(4-2)22(27)18-10-9-15-25(17-18)32(30,31)21-16-19(26(28)29)11-12-20(21)24-13-7-5-6-8-14-24/h11-12,16,18H,3-10,13-15,17H2,1-2H3. The van der Waals surface area contributed by atoms with Crippen molar-refractivity contribution < 1.29 is 18.1 Å². The Bertz CT molecular complexity index is 924. The van der Waals surface area contributed by atoms with Gasteiger partial charge in [0.05, 0.1) is 16.5 Å². The number of nitro groups is 1. The Morgan fingerprint density at radius 3 is 2.34 bits per heavy atom. The minimum atomic E-state index is -4.00. The van der Waals surface area contributed by atoms with Crippen LogP contribution < -0.4 is 4.90 Å². The Balaban J connectivity index is 1.96. The number of benzene rings is 1. The highest BCUT2D eigenvalue weighted by Gasteiger charge is 2.37. The fourth-order valence-corrected chi connectivity index (χ4v) is 6.45. The van der Waals surface area contributed by atoms with Crippen LogP contribution in [-0.2, 0) is 14.8 Å². The average molecular weight is 467 g/mol. The van der Waals surface area contributed by atoms with Crippen LogP contribution in [0.3, 0.4) is 0 Å². The van der Waals surface area contributed by atoms with Gasteiger partial charge in [0, 0.05) is 51.4 Å². The van der Waals surface area contributed by atoms with Crippen LogP contribution in [0.4, 0.5) is 11.4 Å². The molecule has 178 valence electrons. The summed E-state index contributed by atoms with van der Waals surface area (Å²) < 4.78 is 28.8. The molecule has 0 radical (unpaired) electrons. The molecule has 10 heteroatoms. The summed E-state index contributed by atoms with van der Waals surface area (Å²) in [5, 5.41) is 11.4. The number of anilines is 1. The van der Waals surface area contributed by atoms with Crippen LogP contribution >= 0.6 is 0 Å². The second kappa shape index (κ2) is 10.6. The van der Waals surface area contributed by atoms with E-state index < -0.39 is 20.9 Å². The number of nitrogens with zero attached hydrogens (tertiary/aromatic N) is 4. The molecule has 2 aliphatic rings. The van der Waals surface area contributed by atoms with E-state index in [1.165, 1.54) is 16.4 Å². The quantitative estimate of drug-likeness (QED) is 0.451. The Labute approximate surface area is 190 Å². The number of sulfonamides is 1. The second-order valence-electron chi connectivity index (χ2n) is 8.52. The number of hydrogen-bond acceptors (Lipinski definition) is 6. The summed E-state index contributed by atoms with van der Waals surface area (Å²) in [6.07, 6.45) is 5.33. The normalized spacial score (nSPS) is 20.6. The molecule has 0 spiro atoms. The molecule has 1 aromatic rings. The zero-order chi connectivity index (χ0) is 23.3. The Kier molecular flexibility index (Phi) is 8.10. The average Bonchev–Trinajstić information content (AvgIpc) is 3.09. The van der Waals surface area contributed by atoms with E-state index in [0.29, 0.717) is 38.2 Å².